The number of esters is 1. The number of ether oxygens (including phenoxy) is 1. The van der Waals surface area contributed by atoms with Gasteiger partial charge in [0.25, 0.3) is 0 Å². The predicted molar refractivity (Wildman–Crippen MR) is 49.7 cm³/mol. The largest absolute Gasteiger partial charge is 0.481 e. The highest BCUT2D eigenvalue weighted by Crippen LogP contribution is 2.39. The molecular formula is C10H16O4. The molecule has 0 radical (unpaired) electrons. The number of carboxylic acids is 1. The molecule has 0 amide bonds. The Hall–Kier alpha value is -1.06. The van der Waals surface area contributed by atoms with E-state index in [-0.39, 0.29) is 11.9 Å². The molecule has 0 aromatic rings. The van der Waals surface area contributed by atoms with Crippen LogP contribution in [0.15, 0.2) is 0 Å². The molecule has 0 spiro atoms. The van der Waals surface area contributed by atoms with Crippen molar-refractivity contribution >= 4 is 11.9 Å². The lowest BCUT2D eigenvalue weighted by atomic mass is 9.72. The lowest BCUT2D eigenvalue weighted by Gasteiger charge is -2.33. The maximum atomic E-state index is 11.4. The molecule has 80 valence electrons. The van der Waals surface area contributed by atoms with Gasteiger partial charge < -0.3 is 9.84 Å². The first-order chi connectivity index (χ1) is 6.49. The third kappa shape index (κ3) is 2.05. The van der Waals surface area contributed by atoms with Crippen molar-refractivity contribution in [1.29, 1.82) is 0 Å². The Kier molecular flexibility index (Phi) is 3.13. The summed E-state index contributed by atoms with van der Waals surface area (Å²) in [5.74, 6) is -1.26. The van der Waals surface area contributed by atoms with Crippen LogP contribution in [0, 0.1) is 11.3 Å². The molecule has 1 fully saturated rings. The van der Waals surface area contributed by atoms with Crippen LogP contribution in [-0.4, -0.2) is 24.2 Å². The van der Waals surface area contributed by atoms with Gasteiger partial charge in [-0.25, -0.2) is 0 Å². The highest BCUT2D eigenvalue weighted by Gasteiger charge is 2.40. The van der Waals surface area contributed by atoms with E-state index in [0.29, 0.717) is 25.7 Å². The fourth-order valence-corrected chi connectivity index (χ4v) is 1.95. The van der Waals surface area contributed by atoms with E-state index >= 15 is 0 Å². The summed E-state index contributed by atoms with van der Waals surface area (Å²) in [6.45, 7) is 1.84. The third-order valence-electron chi connectivity index (χ3n) is 3.12. The van der Waals surface area contributed by atoms with Gasteiger partial charge in [-0.15, -0.1) is 0 Å². The number of hydrogen-bond donors (Lipinski definition) is 1. The van der Waals surface area contributed by atoms with E-state index in [9.17, 15) is 9.59 Å². The van der Waals surface area contributed by atoms with Crippen LogP contribution in [0.25, 0.3) is 0 Å². The van der Waals surface area contributed by atoms with Gasteiger partial charge in [0, 0.05) is 0 Å². The van der Waals surface area contributed by atoms with Crippen LogP contribution < -0.4 is 0 Å². The monoisotopic (exact) mass is 200 g/mol. The van der Waals surface area contributed by atoms with Gasteiger partial charge in [-0.2, -0.15) is 0 Å². The zero-order valence-corrected chi connectivity index (χ0v) is 8.58. The number of carbonyl (C=O) groups excluding carboxylic acids is 1. The smallest absolute Gasteiger partial charge is 0.311 e. The van der Waals surface area contributed by atoms with Crippen LogP contribution in [0.1, 0.15) is 32.6 Å². The maximum Gasteiger partial charge on any atom is 0.311 e. The molecule has 4 heteroatoms. The number of hydrogen-bond acceptors (Lipinski definition) is 3. The average molecular weight is 200 g/mol. The summed E-state index contributed by atoms with van der Waals surface area (Å²) in [6, 6.07) is 0. The minimum atomic E-state index is -0.753. The Morgan fingerprint density at radius 2 is 1.86 bits per heavy atom. The van der Waals surface area contributed by atoms with Gasteiger partial charge in [0.15, 0.2) is 0 Å². The van der Waals surface area contributed by atoms with Crippen molar-refractivity contribution in [2.45, 2.75) is 32.6 Å². The number of carboxylic acid groups (broad SMARTS) is 1. The summed E-state index contributed by atoms with van der Waals surface area (Å²) in [5, 5.41) is 8.79. The first-order valence-electron chi connectivity index (χ1n) is 4.81. The van der Waals surface area contributed by atoms with Crippen molar-refractivity contribution < 1.29 is 19.4 Å². The van der Waals surface area contributed by atoms with Crippen LogP contribution in [0.4, 0.5) is 0 Å². The maximum absolute atomic E-state index is 11.4. The van der Waals surface area contributed by atoms with E-state index in [1.807, 2.05) is 6.92 Å². The van der Waals surface area contributed by atoms with Crippen LogP contribution in [0.2, 0.25) is 0 Å². The van der Waals surface area contributed by atoms with Gasteiger partial charge >= 0.3 is 11.9 Å². The first-order valence-corrected chi connectivity index (χ1v) is 4.81. The van der Waals surface area contributed by atoms with Crippen molar-refractivity contribution in [3.05, 3.63) is 0 Å². The Morgan fingerprint density at radius 3 is 2.21 bits per heavy atom. The van der Waals surface area contributed by atoms with Crippen LogP contribution >= 0.6 is 0 Å². The van der Waals surface area contributed by atoms with E-state index < -0.39 is 11.4 Å². The quantitative estimate of drug-likeness (QED) is 0.685. The Balaban J connectivity index is 2.57. The van der Waals surface area contributed by atoms with Crippen molar-refractivity contribution in [2.75, 3.05) is 7.11 Å². The molecule has 0 aromatic heterocycles. The number of aliphatic carboxylic acids is 1. The van der Waals surface area contributed by atoms with E-state index in [1.165, 1.54) is 7.11 Å². The fourth-order valence-electron chi connectivity index (χ4n) is 1.95. The summed E-state index contributed by atoms with van der Waals surface area (Å²) >= 11 is 0. The topological polar surface area (TPSA) is 63.6 Å². The molecule has 1 aliphatic carbocycles. The van der Waals surface area contributed by atoms with Crippen molar-refractivity contribution in [3.8, 4) is 0 Å². The van der Waals surface area contributed by atoms with E-state index in [2.05, 4.69) is 0 Å². The normalized spacial score (nSPS) is 32.3. The van der Waals surface area contributed by atoms with Gasteiger partial charge in [0.1, 0.15) is 0 Å². The summed E-state index contributed by atoms with van der Waals surface area (Å²) in [7, 11) is 1.37. The fraction of sp³-hybridized carbons (Fsp3) is 0.800. The molecule has 0 unspecified atom stereocenters. The van der Waals surface area contributed by atoms with Gasteiger partial charge in [0.2, 0.25) is 0 Å². The van der Waals surface area contributed by atoms with Gasteiger partial charge in [-0.3, -0.25) is 9.59 Å². The van der Waals surface area contributed by atoms with E-state index in [1.54, 1.807) is 0 Å². The molecule has 1 saturated carbocycles. The molecular weight excluding hydrogens is 184 g/mol. The van der Waals surface area contributed by atoms with Gasteiger partial charge in [-0.1, -0.05) is 0 Å². The zero-order valence-electron chi connectivity index (χ0n) is 8.58. The van der Waals surface area contributed by atoms with Gasteiger partial charge in [0.05, 0.1) is 18.4 Å². The molecule has 0 bridgehead atoms. The first kappa shape index (κ1) is 11.0. The van der Waals surface area contributed by atoms with E-state index in [0.717, 1.165) is 0 Å². The minimum absolute atomic E-state index is 0.221. The molecule has 1 aliphatic rings. The van der Waals surface area contributed by atoms with Crippen LogP contribution in [0.3, 0.4) is 0 Å². The molecule has 0 atom stereocenters. The Labute approximate surface area is 83.2 Å². The lowest BCUT2D eigenvalue weighted by molar-refractivity contribution is -0.157. The number of methoxy groups -OCH3 is 1. The average Bonchev–Trinajstić information content (AvgIpc) is 2.17. The molecule has 0 saturated heterocycles. The third-order valence-corrected chi connectivity index (χ3v) is 3.12. The molecule has 14 heavy (non-hydrogen) atoms. The van der Waals surface area contributed by atoms with Crippen molar-refractivity contribution in [1.82, 2.24) is 0 Å². The second-order valence-corrected chi connectivity index (χ2v) is 4.16. The Morgan fingerprint density at radius 1 is 1.36 bits per heavy atom. The van der Waals surface area contributed by atoms with Gasteiger partial charge in [-0.05, 0) is 32.6 Å². The molecule has 4 nitrogen and oxygen atoms in total. The van der Waals surface area contributed by atoms with Crippen molar-refractivity contribution in [2.24, 2.45) is 11.3 Å². The van der Waals surface area contributed by atoms with E-state index in [4.69, 9.17) is 9.84 Å². The van der Waals surface area contributed by atoms with Crippen molar-refractivity contribution in [3.63, 3.8) is 0 Å². The second-order valence-electron chi connectivity index (χ2n) is 4.16. The Bertz CT molecular complexity index is 239. The highest BCUT2D eigenvalue weighted by molar-refractivity contribution is 5.77. The van der Waals surface area contributed by atoms with Crippen LogP contribution in [-0.2, 0) is 14.3 Å². The van der Waals surface area contributed by atoms with Crippen LogP contribution in [0.5, 0.6) is 0 Å². The summed E-state index contributed by atoms with van der Waals surface area (Å²) < 4.78 is 4.70. The molecule has 0 heterocycles. The second kappa shape index (κ2) is 3.98. The lowest BCUT2D eigenvalue weighted by Crippen LogP contribution is -2.35. The molecule has 1 rings (SSSR count). The highest BCUT2D eigenvalue weighted by atomic mass is 16.5. The standard InChI is InChI=1S/C10H16O4/c1-10(9(13)14-2)5-3-7(4-6-10)8(11)12/h7H,3-6H2,1-2H3,(H,11,12)/t7-,10+. The zero-order chi connectivity index (χ0) is 10.8. The molecule has 1 N–H and O–H groups in total. The summed E-state index contributed by atoms with van der Waals surface area (Å²) in [6.07, 6.45) is 2.36. The SMILES string of the molecule is COC(=O)[C@]1(C)CC[C@H](C(=O)O)CC1. The molecule has 0 aliphatic heterocycles. The predicted octanol–water partition coefficient (Wildman–Crippen LogP) is 1.44. The number of carbonyl (C=O) groups is 2. The number of rotatable bonds is 2. The minimum Gasteiger partial charge on any atom is -0.481 e. The molecule has 0 aromatic carbocycles. The summed E-state index contributed by atoms with van der Waals surface area (Å²) in [4.78, 5) is 22.1. The summed E-state index contributed by atoms with van der Waals surface area (Å²) in [5.41, 5.74) is -0.472.